The zero-order valence-electron chi connectivity index (χ0n) is 15.1. The number of hydrogen-bond donors (Lipinski definition) is 0. The molecular formula is C24H20O3. The van der Waals surface area contributed by atoms with Crippen molar-refractivity contribution < 1.29 is 13.9 Å². The van der Waals surface area contributed by atoms with Gasteiger partial charge in [-0.3, -0.25) is 0 Å². The molecule has 0 spiro atoms. The quantitative estimate of drug-likeness (QED) is 0.420. The third-order valence-corrected chi connectivity index (χ3v) is 4.52. The minimum absolute atomic E-state index is 0.323. The van der Waals surface area contributed by atoms with Crippen LogP contribution in [0.25, 0.3) is 22.3 Å². The molecule has 3 heteroatoms. The molecule has 0 aliphatic rings. The number of carbonyl (C=O) groups is 1. The first-order valence-electron chi connectivity index (χ1n) is 9.08. The van der Waals surface area contributed by atoms with E-state index >= 15 is 0 Å². The van der Waals surface area contributed by atoms with Crippen LogP contribution in [-0.2, 0) is 11.2 Å². The normalized spacial score (nSPS) is 10.9. The second-order valence-electron chi connectivity index (χ2n) is 6.39. The summed E-state index contributed by atoms with van der Waals surface area (Å²) < 4.78 is 11.4. The fraction of sp³-hybridized carbons (Fsp3) is 0.125. The summed E-state index contributed by atoms with van der Waals surface area (Å²) in [6.45, 7) is 2.13. The molecular weight excluding hydrogens is 336 g/mol. The van der Waals surface area contributed by atoms with Gasteiger partial charge in [-0.2, -0.15) is 0 Å². The molecule has 3 aromatic carbocycles. The van der Waals surface area contributed by atoms with Crippen LogP contribution >= 0.6 is 0 Å². The molecule has 1 aromatic heterocycles. The second-order valence-corrected chi connectivity index (χ2v) is 6.39. The second kappa shape index (κ2) is 7.50. The summed E-state index contributed by atoms with van der Waals surface area (Å²) >= 11 is 0. The summed E-state index contributed by atoms with van der Waals surface area (Å²) in [4.78, 5) is 12.7. The van der Waals surface area contributed by atoms with E-state index in [-0.39, 0.29) is 5.97 Å². The Morgan fingerprint density at radius 3 is 2.30 bits per heavy atom. The first-order valence-corrected chi connectivity index (χ1v) is 9.08. The molecule has 0 atom stereocenters. The van der Waals surface area contributed by atoms with E-state index in [4.69, 9.17) is 9.15 Å². The number of rotatable bonds is 5. The Morgan fingerprint density at radius 1 is 0.889 bits per heavy atom. The molecule has 0 fully saturated rings. The number of benzene rings is 3. The molecule has 4 aromatic rings. The highest BCUT2D eigenvalue weighted by Gasteiger charge is 2.23. The molecule has 0 radical (unpaired) electrons. The van der Waals surface area contributed by atoms with Gasteiger partial charge in [0.1, 0.15) is 16.9 Å². The van der Waals surface area contributed by atoms with Crippen molar-refractivity contribution in [3.05, 3.63) is 95.6 Å². The van der Waals surface area contributed by atoms with E-state index in [0.717, 1.165) is 22.9 Å². The lowest BCUT2D eigenvalue weighted by molar-refractivity contribution is 0.0529. The highest BCUT2D eigenvalue weighted by Crippen LogP contribution is 2.35. The Kier molecular flexibility index (Phi) is 4.75. The maximum absolute atomic E-state index is 12.7. The summed E-state index contributed by atoms with van der Waals surface area (Å²) in [5.41, 5.74) is 4.39. The van der Waals surface area contributed by atoms with E-state index in [1.165, 1.54) is 5.56 Å². The van der Waals surface area contributed by atoms with Gasteiger partial charge in [-0.05, 0) is 36.6 Å². The molecule has 0 aliphatic carbocycles. The number of ether oxygens (including phenoxy) is 1. The van der Waals surface area contributed by atoms with Gasteiger partial charge in [0, 0.05) is 10.9 Å². The van der Waals surface area contributed by atoms with Crippen LogP contribution in [0.15, 0.2) is 83.3 Å². The molecule has 0 saturated carbocycles. The van der Waals surface area contributed by atoms with Crippen LogP contribution in [-0.4, -0.2) is 12.6 Å². The first kappa shape index (κ1) is 17.1. The summed E-state index contributed by atoms with van der Waals surface area (Å²) in [6, 6.07) is 25.9. The van der Waals surface area contributed by atoms with Crippen molar-refractivity contribution in [3.8, 4) is 11.3 Å². The van der Waals surface area contributed by atoms with Gasteiger partial charge in [-0.15, -0.1) is 0 Å². The number of esters is 1. The van der Waals surface area contributed by atoms with Gasteiger partial charge >= 0.3 is 5.97 Å². The van der Waals surface area contributed by atoms with Gasteiger partial charge < -0.3 is 9.15 Å². The third kappa shape index (κ3) is 3.49. The van der Waals surface area contributed by atoms with Gasteiger partial charge in [-0.25, -0.2) is 4.79 Å². The maximum atomic E-state index is 12.7. The highest BCUT2D eigenvalue weighted by atomic mass is 16.5. The van der Waals surface area contributed by atoms with Crippen molar-refractivity contribution in [3.63, 3.8) is 0 Å². The minimum atomic E-state index is -0.355. The van der Waals surface area contributed by atoms with Gasteiger partial charge in [-0.1, -0.05) is 66.7 Å². The van der Waals surface area contributed by atoms with Crippen LogP contribution in [0.1, 0.15) is 28.4 Å². The average Bonchev–Trinajstić information content (AvgIpc) is 3.08. The Hall–Kier alpha value is -3.33. The molecule has 0 aliphatic heterocycles. The van der Waals surface area contributed by atoms with Crippen molar-refractivity contribution >= 4 is 16.9 Å². The number of fused-ring (bicyclic) bond motifs is 1. The lowest BCUT2D eigenvalue weighted by Gasteiger charge is -2.04. The van der Waals surface area contributed by atoms with Gasteiger partial charge in [0.2, 0.25) is 0 Å². The van der Waals surface area contributed by atoms with Gasteiger partial charge in [0.05, 0.1) is 6.61 Å². The Morgan fingerprint density at radius 2 is 1.59 bits per heavy atom. The van der Waals surface area contributed by atoms with Gasteiger partial charge in [0.25, 0.3) is 0 Å². The predicted octanol–water partition coefficient (Wildman–Crippen LogP) is 5.87. The van der Waals surface area contributed by atoms with Crippen molar-refractivity contribution in [1.29, 1.82) is 0 Å². The molecule has 0 bridgehead atoms. The largest absolute Gasteiger partial charge is 0.462 e. The molecule has 4 rings (SSSR count). The van der Waals surface area contributed by atoms with Crippen LogP contribution in [0.4, 0.5) is 0 Å². The van der Waals surface area contributed by atoms with E-state index in [0.29, 0.717) is 23.5 Å². The molecule has 0 amide bonds. The minimum Gasteiger partial charge on any atom is -0.462 e. The van der Waals surface area contributed by atoms with Crippen molar-refractivity contribution in [1.82, 2.24) is 0 Å². The van der Waals surface area contributed by atoms with E-state index < -0.39 is 0 Å². The van der Waals surface area contributed by atoms with E-state index in [9.17, 15) is 4.79 Å². The summed E-state index contributed by atoms with van der Waals surface area (Å²) in [5.74, 6) is 0.202. The predicted molar refractivity (Wildman–Crippen MR) is 107 cm³/mol. The SMILES string of the molecule is CCOC(=O)c1c(-c2ccccc2)oc2ccc(Cc3ccccc3)cc12. The number of carbonyl (C=O) groups excluding carboxylic acids is 1. The maximum Gasteiger partial charge on any atom is 0.342 e. The summed E-state index contributed by atoms with van der Waals surface area (Å²) in [7, 11) is 0. The van der Waals surface area contributed by atoms with E-state index in [2.05, 4.69) is 12.1 Å². The van der Waals surface area contributed by atoms with Crippen molar-refractivity contribution in [2.45, 2.75) is 13.3 Å². The van der Waals surface area contributed by atoms with Crippen molar-refractivity contribution in [2.75, 3.05) is 6.61 Å². The monoisotopic (exact) mass is 356 g/mol. The Bertz CT molecular complexity index is 1060. The van der Waals surface area contributed by atoms with E-state index in [1.54, 1.807) is 0 Å². The molecule has 134 valence electrons. The Labute approximate surface area is 158 Å². The highest BCUT2D eigenvalue weighted by molar-refractivity contribution is 6.09. The first-order chi connectivity index (χ1) is 13.3. The van der Waals surface area contributed by atoms with Gasteiger partial charge in [0.15, 0.2) is 0 Å². The molecule has 0 unspecified atom stereocenters. The fourth-order valence-corrected chi connectivity index (χ4v) is 3.29. The zero-order valence-corrected chi connectivity index (χ0v) is 15.1. The van der Waals surface area contributed by atoms with Crippen LogP contribution in [0.5, 0.6) is 0 Å². The standard InChI is InChI=1S/C24H20O3/c1-2-26-24(25)22-20-16-18(15-17-9-5-3-6-10-17)13-14-21(20)27-23(22)19-11-7-4-8-12-19/h3-14,16H,2,15H2,1H3. The van der Waals surface area contributed by atoms with Crippen LogP contribution < -0.4 is 0 Å². The fourth-order valence-electron chi connectivity index (χ4n) is 3.29. The van der Waals surface area contributed by atoms with Crippen molar-refractivity contribution in [2.24, 2.45) is 0 Å². The number of furan rings is 1. The average molecular weight is 356 g/mol. The van der Waals surface area contributed by atoms with Crippen LogP contribution in [0.2, 0.25) is 0 Å². The summed E-state index contributed by atoms with van der Waals surface area (Å²) in [6.07, 6.45) is 0.797. The topological polar surface area (TPSA) is 39.4 Å². The lowest BCUT2D eigenvalue weighted by atomic mass is 10.0. The molecule has 1 heterocycles. The molecule has 27 heavy (non-hydrogen) atoms. The zero-order chi connectivity index (χ0) is 18.6. The molecule has 0 N–H and O–H groups in total. The number of hydrogen-bond acceptors (Lipinski definition) is 3. The lowest BCUT2D eigenvalue weighted by Crippen LogP contribution is -2.05. The third-order valence-electron chi connectivity index (χ3n) is 4.52. The molecule has 3 nitrogen and oxygen atoms in total. The Balaban J connectivity index is 1.84. The summed E-state index contributed by atoms with van der Waals surface area (Å²) in [5, 5.41) is 0.792. The smallest absolute Gasteiger partial charge is 0.342 e. The van der Waals surface area contributed by atoms with Crippen LogP contribution in [0.3, 0.4) is 0 Å². The van der Waals surface area contributed by atoms with Crippen LogP contribution in [0, 0.1) is 0 Å². The van der Waals surface area contributed by atoms with E-state index in [1.807, 2.05) is 73.7 Å². The molecule has 0 saturated heterocycles.